The molecular weight excluding hydrogens is 381 g/mol. The van der Waals surface area contributed by atoms with Crippen molar-refractivity contribution in [1.29, 1.82) is 0 Å². The molecule has 154 valence electrons. The Bertz CT molecular complexity index is 1080. The van der Waals surface area contributed by atoms with Crippen LogP contribution in [-0.4, -0.2) is 29.6 Å². The molecule has 1 N–H and O–H groups in total. The summed E-state index contributed by atoms with van der Waals surface area (Å²) in [5, 5.41) is 2.79. The fourth-order valence-electron chi connectivity index (χ4n) is 4.46. The van der Waals surface area contributed by atoms with Crippen LogP contribution in [0.3, 0.4) is 0 Å². The second-order valence-electron chi connectivity index (χ2n) is 8.51. The van der Waals surface area contributed by atoms with Gasteiger partial charge in [-0.25, -0.2) is 9.37 Å². The summed E-state index contributed by atoms with van der Waals surface area (Å²) in [5.74, 6) is 0.783. The number of hydrogen-bond donors (Lipinski definition) is 1. The Morgan fingerprint density at radius 2 is 1.93 bits per heavy atom. The summed E-state index contributed by atoms with van der Waals surface area (Å²) >= 11 is 0. The first-order chi connectivity index (χ1) is 14.4. The lowest BCUT2D eigenvalue weighted by Gasteiger charge is -2.28. The Kier molecular flexibility index (Phi) is 4.38. The third-order valence-corrected chi connectivity index (χ3v) is 6.00. The van der Waals surface area contributed by atoms with Gasteiger partial charge in [-0.1, -0.05) is 0 Å². The highest BCUT2D eigenvalue weighted by Gasteiger charge is 2.38. The first kappa shape index (κ1) is 18.9. The maximum Gasteiger partial charge on any atom is 0.260 e. The van der Waals surface area contributed by atoms with Crippen LogP contribution in [0.15, 0.2) is 48.4 Å². The minimum Gasteiger partial charge on any atom is -0.482 e. The third kappa shape index (κ3) is 3.16. The van der Waals surface area contributed by atoms with E-state index in [1.807, 2.05) is 26.1 Å². The highest BCUT2D eigenvalue weighted by molar-refractivity contribution is 6.32. The van der Waals surface area contributed by atoms with Crippen molar-refractivity contribution in [3.8, 4) is 0 Å². The number of nitrogens with one attached hydrogen (secondary N) is 1. The number of hydrogen-bond acceptors (Lipinski definition) is 4. The van der Waals surface area contributed by atoms with Gasteiger partial charge in [-0.3, -0.25) is 4.79 Å². The Hall–Kier alpha value is -3.15. The molecule has 1 aromatic heterocycles. The Labute approximate surface area is 175 Å². The number of amides is 1. The van der Waals surface area contributed by atoms with Gasteiger partial charge in [0.05, 0.1) is 5.57 Å². The number of fused-ring (bicyclic) bond motifs is 1. The molecule has 0 radical (unpaired) electrons. The van der Waals surface area contributed by atoms with Crippen LogP contribution in [-0.2, 0) is 9.53 Å². The second-order valence-corrected chi connectivity index (χ2v) is 8.51. The quantitative estimate of drug-likeness (QED) is 0.732. The van der Waals surface area contributed by atoms with Gasteiger partial charge in [-0.15, -0.1) is 0 Å². The van der Waals surface area contributed by atoms with Crippen LogP contribution in [0.4, 0.5) is 15.9 Å². The van der Waals surface area contributed by atoms with E-state index in [2.05, 4.69) is 27.3 Å². The number of rotatable bonds is 2. The molecule has 3 aliphatic heterocycles. The van der Waals surface area contributed by atoms with E-state index in [1.165, 1.54) is 31.4 Å². The zero-order valence-electron chi connectivity index (χ0n) is 17.2. The molecule has 6 heteroatoms. The molecule has 0 atom stereocenters. The molecule has 4 heterocycles. The molecule has 1 fully saturated rings. The van der Waals surface area contributed by atoms with Crippen LogP contribution in [0.5, 0.6) is 0 Å². The number of nitrogens with zero attached hydrogens (tertiary/aromatic N) is 2. The summed E-state index contributed by atoms with van der Waals surface area (Å²) in [5.41, 5.74) is 2.76. The highest BCUT2D eigenvalue weighted by Crippen LogP contribution is 2.44. The van der Waals surface area contributed by atoms with Crippen LogP contribution >= 0.6 is 0 Å². The molecule has 1 saturated heterocycles. The van der Waals surface area contributed by atoms with Gasteiger partial charge in [0.15, 0.2) is 0 Å². The van der Waals surface area contributed by atoms with E-state index in [1.54, 1.807) is 6.07 Å². The summed E-state index contributed by atoms with van der Waals surface area (Å²) in [6.45, 7) is 6.02. The summed E-state index contributed by atoms with van der Waals surface area (Å²) in [4.78, 5) is 19.6. The largest absolute Gasteiger partial charge is 0.482 e. The van der Waals surface area contributed by atoms with Gasteiger partial charge >= 0.3 is 0 Å². The number of benzene rings is 1. The second kappa shape index (κ2) is 6.97. The van der Waals surface area contributed by atoms with Gasteiger partial charge < -0.3 is 15.0 Å². The first-order valence-electron chi connectivity index (χ1n) is 10.4. The van der Waals surface area contributed by atoms with Crippen molar-refractivity contribution in [3.63, 3.8) is 0 Å². The zero-order chi connectivity index (χ0) is 20.9. The molecule has 5 rings (SSSR count). The van der Waals surface area contributed by atoms with Crippen LogP contribution in [0.25, 0.3) is 11.1 Å². The molecule has 30 heavy (non-hydrogen) atoms. The van der Waals surface area contributed by atoms with E-state index in [-0.39, 0.29) is 11.7 Å². The molecule has 2 aromatic rings. The number of halogens is 1. The predicted molar refractivity (Wildman–Crippen MR) is 115 cm³/mol. The van der Waals surface area contributed by atoms with E-state index in [0.29, 0.717) is 22.6 Å². The smallest absolute Gasteiger partial charge is 0.260 e. The molecule has 3 aliphatic rings. The van der Waals surface area contributed by atoms with Crippen molar-refractivity contribution in [3.05, 3.63) is 65.3 Å². The monoisotopic (exact) mass is 405 g/mol. The summed E-state index contributed by atoms with van der Waals surface area (Å²) in [7, 11) is 0. The summed E-state index contributed by atoms with van der Waals surface area (Å²) in [6.07, 6.45) is 7.45. The Morgan fingerprint density at radius 3 is 2.67 bits per heavy atom. The minimum absolute atomic E-state index is 0.280. The number of pyridine rings is 1. The van der Waals surface area contributed by atoms with Gasteiger partial charge in [0.2, 0.25) is 0 Å². The number of carbonyl (C=O) groups excluding carboxylic acids is 1. The van der Waals surface area contributed by atoms with E-state index in [0.717, 1.165) is 30.0 Å². The van der Waals surface area contributed by atoms with E-state index in [4.69, 9.17) is 4.74 Å². The number of aromatic nitrogens is 1. The molecule has 0 spiro atoms. The fourth-order valence-corrected chi connectivity index (χ4v) is 4.46. The van der Waals surface area contributed by atoms with Crippen molar-refractivity contribution in [2.75, 3.05) is 23.3 Å². The summed E-state index contributed by atoms with van der Waals surface area (Å²) < 4.78 is 20.0. The minimum atomic E-state index is -0.632. The van der Waals surface area contributed by atoms with Crippen LogP contribution in [0.2, 0.25) is 0 Å². The van der Waals surface area contributed by atoms with Crippen molar-refractivity contribution >= 4 is 28.6 Å². The molecular formula is C24H24FN3O2. The standard InChI is InChI=1S/C24H24FN3O2/c1-24(2)18(15-6-9-21(26-14-15)28-10-4-3-5-11-28)13-20(30-24)22-17-12-16(25)7-8-19(17)27-23(22)29/h6-9,12-14H,3-5,10-11H2,1-2H3,(H,27,29)/b22-20+. The number of allylic oxidation sites excluding steroid dienone is 1. The average Bonchev–Trinajstić information content (AvgIpc) is 3.23. The van der Waals surface area contributed by atoms with Gasteiger partial charge in [-0.2, -0.15) is 0 Å². The van der Waals surface area contributed by atoms with E-state index < -0.39 is 5.60 Å². The molecule has 1 amide bonds. The van der Waals surface area contributed by atoms with Crippen LogP contribution in [0, 0.1) is 5.82 Å². The van der Waals surface area contributed by atoms with Crippen LogP contribution < -0.4 is 10.2 Å². The normalized spacial score (nSPS) is 22.4. The lowest BCUT2D eigenvalue weighted by molar-refractivity contribution is -0.111. The van der Waals surface area contributed by atoms with Crippen molar-refractivity contribution in [2.45, 2.75) is 38.7 Å². The molecule has 0 bridgehead atoms. The number of anilines is 2. The van der Waals surface area contributed by atoms with Gasteiger partial charge in [0.1, 0.15) is 23.0 Å². The van der Waals surface area contributed by atoms with Crippen molar-refractivity contribution in [2.24, 2.45) is 0 Å². The Morgan fingerprint density at radius 1 is 1.13 bits per heavy atom. The maximum absolute atomic E-state index is 13.8. The zero-order valence-corrected chi connectivity index (χ0v) is 17.2. The first-order valence-corrected chi connectivity index (χ1v) is 10.4. The number of piperidine rings is 1. The molecule has 0 saturated carbocycles. The van der Waals surface area contributed by atoms with Gasteiger partial charge in [0, 0.05) is 41.7 Å². The average molecular weight is 405 g/mol. The topological polar surface area (TPSA) is 54.5 Å². The summed E-state index contributed by atoms with van der Waals surface area (Å²) in [6, 6.07) is 8.39. The highest BCUT2D eigenvalue weighted by atomic mass is 19.1. The van der Waals surface area contributed by atoms with E-state index in [9.17, 15) is 9.18 Å². The van der Waals surface area contributed by atoms with Crippen LogP contribution in [0.1, 0.15) is 44.2 Å². The number of ether oxygens (including phenoxy) is 1. The van der Waals surface area contributed by atoms with Gasteiger partial charge in [0.25, 0.3) is 5.91 Å². The molecule has 0 unspecified atom stereocenters. The lowest BCUT2D eigenvalue weighted by atomic mass is 9.93. The number of carbonyl (C=O) groups is 1. The molecule has 5 nitrogen and oxygen atoms in total. The predicted octanol–water partition coefficient (Wildman–Crippen LogP) is 4.77. The third-order valence-electron chi connectivity index (χ3n) is 6.00. The van der Waals surface area contributed by atoms with Crippen molar-refractivity contribution < 1.29 is 13.9 Å². The van der Waals surface area contributed by atoms with E-state index >= 15 is 0 Å². The fraction of sp³-hybridized carbons (Fsp3) is 0.333. The molecule has 1 aromatic carbocycles. The lowest BCUT2D eigenvalue weighted by Crippen LogP contribution is -2.30. The molecule has 0 aliphatic carbocycles. The SMILES string of the molecule is CC1(C)O/C(=C2/C(=O)Nc3ccc(F)cc32)C=C1c1ccc(N2CCCCC2)nc1. The Balaban J connectivity index is 1.52. The maximum atomic E-state index is 13.8. The van der Waals surface area contributed by atoms with Gasteiger partial charge in [-0.05, 0) is 69.5 Å². The van der Waals surface area contributed by atoms with Crippen molar-refractivity contribution in [1.82, 2.24) is 4.98 Å².